The third-order valence-electron chi connectivity index (χ3n) is 3.02. The monoisotopic (exact) mass is 260 g/mol. The van der Waals surface area contributed by atoms with Crippen LogP contribution < -0.4 is 4.72 Å². The van der Waals surface area contributed by atoms with Crippen molar-refractivity contribution < 1.29 is 8.42 Å². The maximum atomic E-state index is 11.6. The standard InChI is InChI=1S/C10H20N4O2S/c1-3-4-10(9-11)13-5-7-14(8-6-13)17(15,16)12-2/h10,12H,3-8H2,1-2H3. The molecule has 1 heterocycles. The highest BCUT2D eigenvalue weighted by Gasteiger charge is 2.28. The van der Waals surface area contributed by atoms with Gasteiger partial charge in [0.15, 0.2) is 0 Å². The first kappa shape index (κ1) is 14.4. The first-order valence-corrected chi connectivity index (χ1v) is 7.31. The first-order chi connectivity index (χ1) is 8.05. The normalized spacial score (nSPS) is 21.0. The summed E-state index contributed by atoms with van der Waals surface area (Å²) < 4.78 is 26.8. The number of hydrogen-bond donors (Lipinski definition) is 1. The molecule has 6 nitrogen and oxygen atoms in total. The molecular formula is C10H20N4O2S. The number of nitriles is 1. The molecule has 1 aliphatic heterocycles. The van der Waals surface area contributed by atoms with Crippen LogP contribution in [-0.4, -0.2) is 56.9 Å². The summed E-state index contributed by atoms with van der Waals surface area (Å²) in [6, 6.07) is 2.20. The van der Waals surface area contributed by atoms with E-state index in [1.165, 1.54) is 11.4 Å². The van der Waals surface area contributed by atoms with Crippen molar-refractivity contribution in [1.29, 1.82) is 5.26 Å². The minimum atomic E-state index is -3.32. The summed E-state index contributed by atoms with van der Waals surface area (Å²) >= 11 is 0. The highest BCUT2D eigenvalue weighted by molar-refractivity contribution is 7.87. The van der Waals surface area contributed by atoms with E-state index in [0.29, 0.717) is 26.2 Å². The van der Waals surface area contributed by atoms with Crippen molar-refractivity contribution in [3.8, 4) is 6.07 Å². The fraction of sp³-hybridized carbons (Fsp3) is 0.900. The lowest BCUT2D eigenvalue weighted by molar-refractivity contribution is 0.156. The van der Waals surface area contributed by atoms with Gasteiger partial charge in [0.25, 0.3) is 10.2 Å². The van der Waals surface area contributed by atoms with Crippen LogP contribution in [0.25, 0.3) is 0 Å². The average molecular weight is 260 g/mol. The Balaban J connectivity index is 2.54. The molecule has 98 valence electrons. The van der Waals surface area contributed by atoms with Crippen LogP contribution >= 0.6 is 0 Å². The van der Waals surface area contributed by atoms with E-state index in [0.717, 1.165) is 12.8 Å². The third-order valence-corrected chi connectivity index (χ3v) is 4.58. The molecule has 1 rings (SSSR count). The van der Waals surface area contributed by atoms with Crippen LogP contribution in [0.2, 0.25) is 0 Å². The summed E-state index contributed by atoms with van der Waals surface area (Å²) in [7, 11) is -1.90. The smallest absolute Gasteiger partial charge is 0.279 e. The van der Waals surface area contributed by atoms with Crippen molar-refractivity contribution in [2.75, 3.05) is 33.2 Å². The molecule has 1 saturated heterocycles. The minimum Gasteiger partial charge on any atom is -0.285 e. The maximum Gasteiger partial charge on any atom is 0.279 e. The van der Waals surface area contributed by atoms with Crippen LogP contribution in [0.4, 0.5) is 0 Å². The van der Waals surface area contributed by atoms with Crippen LogP contribution in [0.5, 0.6) is 0 Å². The summed E-state index contributed by atoms with van der Waals surface area (Å²) in [5.41, 5.74) is 0. The van der Waals surface area contributed by atoms with Gasteiger partial charge in [0.05, 0.1) is 12.1 Å². The molecule has 1 unspecified atom stereocenters. The number of piperazine rings is 1. The van der Waals surface area contributed by atoms with Crippen LogP contribution in [0.3, 0.4) is 0 Å². The second-order valence-electron chi connectivity index (χ2n) is 4.08. The SMILES string of the molecule is CCCC(C#N)N1CCN(S(=O)(=O)NC)CC1. The molecule has 0 amide bonds. The molecule has 1 atom stereocenters. The van der Waals surface area contributed by atoms with Crippen molar-refractivity contribution >= 4 is 10.2 Å². The molecule has 0 bridgehead atoms. The Bertz CT molecular complexity index is 368. The molecule has 1 N–H and O–H groups in total. The van der Waals surface area contributed by atoms with E-state index >= 15 is 0 Å². The van der Waals surface area contributed by atoms with Crippen LogP contribution in [0.1, 0.15) is 19.8 Å². The van der Waals surface area contributed by atoms with Crippen molar-refractivity contribution in [2.45, 2.75) is 25.8 Å². The van der Waals surface area contributed by atoms with E-state index in [2.05, 4.69) is 15.7 Å². The van der Waals surface area contributed by atoms with E-state index in [1.807, 2.05) is 6.92 Å². The molecule has 0 aliphatic carbocycles. The van der Waals surface area contributed by atoms with Crippen molar-refractivity contribution in [3.63, 3.8) is 0 Å². The maximum absolute atomic E-state index is 11.6. The van der Waals surface area contributed by atoms with Crippen molar-refractivity contribution in [2.24, 2.45) is 0 Å². The van der Waals surface area contributed by atoms with Gasteiger partial charge in [0, 0.05) is 33.2 Å². The molecule has 0 saturated carbocycles. The zero-order chi connectivity index (χ0) is 12.9. The Kier molecular flexibility index (Phi) is 5.33. The van der Waals surface area contributed by atoms with Crippen molar-refractivity contribution in [3.05, 3.63) is 0 Å². The number of hydrogen-bond acceptors (Lipinski definition) is 4. The molecule has 0 aromatic heterocycles. The van der Waals surface area contributed by atoms with E-state index in [-0.39, 0.29) is 6.04 Å². The summed E-state index contributed by atoms with van der Waals surface area (Å²) in [6.07, 6.45) is 1.81. The Morgan fingerprint density at radius 2 is 1.94 bits per heavy atom. The van der Waals surface area contributed by atoms with Crippen LogP contribution in [0, 0.1) is 11.3 Å². The lowest BCUT2D eigenvalue weighted by Gasteiger charge is -2.35. The molecule has 0 aromatic rings. The zero-order valence-electron chi connectivity index (χ0n) is 10.4. The average Bonchev–Trinajstić information content (AvgIpc) is 2.36. The van der Waals surface area contributed by atoms with Gasteiger partial charge in [0.2, 0.25) is 0 Å². The lowest BCUT2D eigenvalue weighted by Crippen LogP contribution is -2.53. The van der Waals surface area contributed by atoms with Crippen molar-refractivity contribution in [1.82, 2.24) is 13.9 Å². The van der Waals surface area contributed by atoms with Gasteiger partial charge in [-0.3, -0.25) is 4.90 Å². The molecule has 17 heavy (non-hydrogen) atoms. The predicted octanol–water partition coefficient (Wildman–Crippen LogP) is -0.240. The minimum absolute atomic E-state index is 0.0839. The number of rotatable bonds is 5. The Hall–Kier alpha value is -0.680. The molecule has 7 heteroatoms. The van der Waals surface area contributed by atoms with Crippen LogP contribution in [0.15, 0.2) is 0 Å². The van der Waals surface area contributed by atoms with Gasteiger partial charge in [-0.1, -0.05) is 13.3 Å². The van der Waals surface area contributed by atoms with E-state index < -0.39 is 10.2 Å². The van der Waals surface area contributed by atoms with Crippen LogP contribution in [-0.2, 0) is 10.2 Å². The second kappa shape index (κ2) is 6.31. The molecular weight excluding hydrogens is 240 g/mol. The fourth-order valence-electron chi connectivity index (χ4n) is 1.99. The predicted molar refractivity (Wildman–Crippen MR) is 65.4 cm³/mol. The number of nitrogens with zero attached hydrogens (tertiary/aromatic N) is 3. The lowest BCUT2D eigenvalue weighted by atomic mass is 10.1. The van der Waals surface area contributed by atoms with Gasteiger partial charge < -0.3 is 0 Å². The summed E-state index contributed by atoms with van der Waals surface area (Å²) in [5, 5.41) is 9.05. The van der Waals surface area contributed by atoms with Gasteiger partial charge in [0.1, 0.15) is 0 Å². The van der Waals surface area contributed by atoms with Gasteiger partial charge in [-0.15, -0.1) is 0 Å². The Labute approximate surface area is 103 Å². The van der Waals surface area contributed by atoms with Gasteiger partial charge in [-0.2, -0.15) is 18.0 Å². The fourth-order valence-corrected chi connectivity index (χ4v) is 2.89. The number of nitrogens with one attached hydrogen (secondary N) is 1. The summed E-state index contributed by atoms with van der Waals surface area (Å²) in [5.74, 6) is 0. The molecule has 1 aliphatic rings. The Morgan fingerprint density at radius 1 is 1.35 bits per heavy atom. The summed E-state index contributed by atoms with van der Waals surface area (Å²) in [6.45, 7) is 4.19. The van der Waals surface area contributed by atoms with E-state index in [4.69, 9.17) is 5.26 Å². The quantitative estimate of drug-likeness (QED) is 0.740. The Morgan fingerprint density at radius 3 is 2.35 bits per heavy atom. The zero-order valence-corrected chi connectivity index (χ0v) is 11.2. The van der Waals surface area contributed by atoms with E-state index in [9.17, 15) is 8.42 Å². The van der Waals surface area contributed by atoms with Gasteiger partial charge >= 0.3 is 0 Å². The molecule has 0 aromatic carbocycles. The molecule has 1 fully saturated rings. The largest absolute Gasteiger partial charge is 0.285 e. The third kappa shape index (κ3) is 3.64. The van der Waals surface area contributed by atoms with E-state index in [1.54, 1.807) is 0 Å². The van der Waals surface area contributed by atoms with Gasteiger partial charge in [-0.05, 0) is 6.42 Å². The second-order valence-corrected chi connectivity index (χ2v) is 5.95. The highest BCUT2D eigenvalue weighted by atomic mass is 32.2. The van der Waals surface area contributed by atoms with Gasteiger partial charge in [-0.25, -0.2) is 4.72 Å². The summed E-state index contributed by atoms with van der Waals surface area (Å²) in [4.78, 5) is 2.06. The first-order valence-electron chi connectivity index (χ1n) is 5.87. The molecule has 0 radical (unpaired) electrons. The molecule has 0 spiro atoms. The highest BCUT2D eigenvalue weighted by Crippen LogP contribution is 2.12. The topological polar surface area (TPSA) is 76.4 Å².